The summed E-state index contributed by atoms with van der Waals surface area (Å²) in [6.45, 7) is 0. The molecule has 1 heterocycles. The number of carbonyl (C=O) groups is 1. The van der Waals surface area contributed by atoms with Crippen LogP contribution in [0, 0.1) is 0 Å². The van der Waals surface area contributed by atoms with Gasteiger partial charge in [-0.3, -0.25) is 4.79 Å². The van der Waals surface area contributed by atoms with E-state index in [0.717, 1.165) is 10.1 Å². The fourth-order valence-corrected chi connectivity index (χ4v) is 2.50. The standard InChI is InChI=1S/C7H10N2O2S2/c8-5-4-9-7(13-5)12-3-1-2-6(10)11/h4H,1-3,8H2,(H,10,11). The molecule has 0 aliphatic carbocycles. The van der Waals surface area contributed by atoms with Gasteiger partial charge in [0.1, 0.15) is 5.00 Å². The van der Waals surface area contributed by atoms with Crippen molar-refractivity contribution in [3.05, 3.63) is 6.20 Å². The number of aromatic nitrogens is 1. The molecule has 3 N–H and O–H groups in total. The van der Waals surface area contributed by atoms with Crippen molar-refractivity contribution in [2.24, 2.45) is 0 Å². The molecule has 1 rings (SSSR count). The first-order valence-electron chi connectivity index (χ1n) is 3.74. The predicted molar refractivity (Wildman–Crippen MR) is 54.1 cm³/mol. The van der Waals surface area contributed by atoms with Gasteiger partial charge in [-0.05, 0) is 6.42 Å². The van der Waals surface area contributed by atoms with Gasteiger partial charge in [0.25, 0.3) is 0 Å². The minimum atomic E-state index is -0.751. The maximum atomic E-state index is 10.2. The molecule has 0 saturated carbocycles. The molecule has 0 atom stereocenters. The Labute approximate surface area is 84.2 Å². The smallest absolute Gasteiger partial charge is 0.303 e. The van der Waals surface area contributed by atoms with Gasteiger partial charge in [-0.2, -0.15) is 0 Å². The summed E-state index contributed by atoms with van der Waals surface area (Å²) >= 11 is 2.98. The second-order valence-corrected chi connectivity index (χ2v) is 4.78. The van der Waals surface area contributed by atoms with Crippen LogP contribution in [0.4, 0.5) is 5.00 Å². The van der Waals surface area contributed by atoms with Crippen molar-refractivity contribution in [2.75, 3.05) is 11.5 Å². The van der Waals surface area contributed by atoms with E-state index in [1.165, 1.54) is 11.3 Å². The molecular weight excluding hydrogens is 208 g/mol. The zero-order valence-electron chi connectivity index (χ0n) is 6.90. The number of carboxylic acids is 1. The summed E-state index contributed by atoms with van der Waals surface area (Å²) in [5.41, 5.74) is 5.48. The van der Waals surface area contributed by atoms with Crippen LogP contribution in [-0.4, -0.2) is 21.8 Å². The SMILES string of the molecule is Nc1cnc(SCCCC(=O)O)s1. The van der Waals surface area contributed by atoms with E-state index in [-0.39, 0.29) is 6.42 Å². The molecule has 0 radical (unpaired) electrons. The van der Waals surface area contributed by atoms with E-state index in [9.17, 15) is 4.79 Å². The van der Waals surface area contributed by atoms with Crippen LogP contribution in [0.2, 0.25) is 0 Å². The second-order valence-electron chi connectivity index (χ2n) is 2.37. The Kier molecular flexibility index (Phi) is 4.04. The molecule has 6 heteroatoms. The van der Waals surface area contributed by atoms with E-state index < -0.39 is 5.97 Å². The van der Waals surface area contributed by atoms with Gasteiger partial charge in [0.05, 0.1) is 6.20 Å². The van der Waals surface area contributed by atoms with Crippen LogP contribution >= 0.6 is 23.1 Å². The van der Waals surface area contributed by atoms with E-state index in [1.807, 2.05) is 0 Å². The zero-order valence-corrected chi connectivity index (χ0v) is 8.53. The number of carboxylic acid groups (broad SMARTS) is 1. The molecular formula is C7H10N2O2S2. The number of thiazole rings is 1. The number of nitrogens with zero attached hydrogens (tertiary/aromatic N) is 1. The predicted octanol–water partition coefficient (Wildman–Crippen LogP) is 1.68. The second kappa shape index (κ2) is 5.08. The van der Waals surface area contributed by atoms with Gasteiger partial charge in [0, 0.05) is 12.2 Å². The number of hydrogen-bond donors (Lipinski definition) is 2. The van der Waals surface area contributed by atoms with Crippen molar-refractivity contribution in [2.45, 2.75) is 17.2 Å². The van der Waals surface area contributed by atoms with Gasteiger partial charge < -0.3 is 10.8 Å². The average Bonchev–Trinajstić information content (AvgIpc) is 2.45. The summed E-state index contributed by atoms with van der Waals surface area (Å²) in [6, 6.07) is 0. The van der Waals surface area contributed by atoms with E-state index in [0.29, 0.717) is 11.4 Å². The fraction of sp³-hybridized carbons (Fsp3) is 0.429. The Morgan fingerprint density at radius 3 is 3.08 bits per heavy atom. The van der Waals surface area contributed by atoms with Gasteiger partial charge in [-0.25, -0.2) is 4.98 Å². The topological polar surface area (TPSA) is 76.2 Å². The highest BCUT2D eigenvalue weighted by atomic mass is 32.2. The van der Waals surface area contributed by atoms with Gasteiger partial charge in [0.2, 0.25) is 0 Å². The lowest BCUT2D eigenvalue weighted by Crippen LogP contribution is -1.94. The molecule has 0 unspecified atom stereocenters. The third-order valence-electron chi connectivity index (χ3n) is 1.26. The van der Waals surface area contributed by atoms with Crippen molar-refractivity contribution in [3.8, 4) is 0 Å². The zero-order chi connectivity index (χ0) is 9.68. The highest BCUT2D eigenvalue weighted by Gasteiger charge is 2.01. The lowest BCUT2D eigenvalue weighted by molar-refractivity contribution is -0.137. The molecule has 13 heavy (non-hydrogen) atoms. The Morgan fingerprint density at radius 2 is 2.54 bits per heavy atom. The fourth-order valence-electron chi connectivity index (χ4n) is 0.719. The Hall–Kier alpha value is -0.750. The Bertz CT molecular complexity index is 288. The van der Waals surface area contributed by atoms with Crippen molar-refractivity contribution in [1.29, 1.82) is 0 Å². The summed E-state index contributed by atoms with van der Waals surface area (Å²) in [6.07, 6.45) is 2.50. The monoisotopic (exact) mass is 218 g/mol. The molecule has 0 saturated heterocycles. The van der Waals surface area contributed by atoms with E-state index in [1.54, 1.807) is 18.0 Å². The van der Waals surface area contributed by atoms with Gasteiger partial charge in [0.15, 0.2) is 4.34 Å². The van der Waals surface area contributed by atoms with Crippen LogP contribution in [0.5, 0.6) is 0 Å². The number of nitrogen functional groups attached to an aromatic ring is 1. The molecule has 0 amide bonds. The average molecular weight is 218 g/mol. The van der Waals surface area contributed by atoms with Gasteiger partial charge >= 0.3 is 5.97 Å². The number of anilines is 1. The summed E-state index contributed by atoms with van der Waals surface area (Å²) in [5, 5.41) is 9.07. The molecule has 0 spiro atoms. The van der Waals surface area contributed by atoms with Gasteiger partial charge in [-0.1, -0.05) is 23.1 Å². The number of aliphatic carboxylic acids is 1. The van der Waals surface area contributed by atoms with Gasteiger partial charge in [-0.15, -0.1) is 0 Å². The Balaban J connectivity index is 2.16. The molecule has 1 aromatic heterocycles. The lowest BCUT2D eigenvalue weighted by atomic mass is 10.3. The highest BCUT2D eigenvalue weighted by Crippen LogP contribution is 2.25. The largest absolute Gasteiger partial charge is 0.481 e. The lowest BCUT2D eigenvalue weighted by Gasteiger charge is -1.94. The van der Waals surface area contributed by atoms with E-state index in [2.05, 4.69) is 4.98 Å². The van der Waals surface area contributed by atoms with Crippen LogP contribution in [0.15, 0.2) is 10.5 Å². The first-order valence-corrected chi connectivity index (χ1v) is 5.54. The molecule has 1 aromatic rings. The third kappa shape index (κ3) is 4.14. The van der Waals surface area contributed by atoms with Crippen molar-refractivity contribution in [1.82, 2.24) is 4.98 Å². The van der Waals surface area contributed by atoms with Crippen molar-refractivity contribution in [3.63, 3.8) is 0 Å². The molecule has 0 aliphatic heterocycles. The molecule has 0 aliphatic rings. The maximum Gasteiger partial charge on any atom is 0.303 e. The van der Waals surface area contributed by atoms with Crippen LogP contribution in [-0.2, 0) is 4.79 Å². The first-order chi connectivity index (χ1) is 6.18. The third-order valence-corrected chi connectivity index (χ3v) is 3.33. The van der Waals surface area contributed by atoms with Crippen LogP contribution < -0.4 is 5.73 Å². The molecule has 72 valence electrons. The van der Waals surface area contributed by atoms with Crippen LogP contribution in [0.1, 0.15) is 12.8 Å². The van der Waals surface area contributed by atoms with Crippen LogP contribution in [0.25, 0.3) is 0 Å². The molecule has 0 bridgehead atoms. The molecule has 4 nitrogen and oxygen atoms in total. The first kappa shape index (κ1) is 10.3. The van der Waals surface area contributed by atoms with E-state index >= 15 is 0 Å². The number of hydrogen-bond acceptors (Lipinski definition) is 5. The van der Waals surface area contributed by atoms with Crippen molar-refractivity contribution < 1.29 is 9.90 Å². The number of nitrogens with two attached hydrogens (primary N) is 1. The summed E-state index contributed by atoms with van der Waals surface area (Å²) in [4.78, 5) is 14.2. The summed E-state index contributed by atoms with van der Waals surface area (Å²) in [5.74, 6) is 0.0263. The number of rotatable bonds is 5. The minimum absolute atomic E-state index is 0.216. The normalized spacial score (nSPS) is 10.2. The highest BCUT2D eigenvalue weighted by molar-refractivity contribution is 8.01. The summed E-state index contributed by atoms with van der Waals surface area (Å²) in [7, 11) is 0. The maximum absolute atomic E-state index is 10.2. The van der Waals surface area contributed by atoms with Crippen molar-refractivity contribution >= 4 is 34.1 Å². The molecule has 0 fully saturated rings. The van der Waals surface area contributed by atoms with Crippen LogP contribution in [0.3, 0.4) is 0 Å². The Morgan fingerprint density at radius 1 is 1.77 bits per heavy atom. The van der Waals surface area contributed by atoms with E-state index in [4.69, 9.17) is 10.8 Å². The summed E-state index contributed by atoms with van der Waals surface area (Å²) < 4.78 is 0.905. The minimum Gasteiger partial charge on any atom is -0.481 e. The number of thioether (sulfide) groups is 1. The molecule has 0 aromatic carbocycles. The quantitative estimate of drug-likeness (QED) is 0.581.